The third-order valence-electron chi connectivity index (χ3n) is 11.8. The summed E-state index contributed by atoms with van der Waals surface area (Å²) < 4.78 is 47.6. The molecule has 0 aliphatic carbocycles. The minimum Gasteiger partial charge on any atom is -0.491 e. The van der Waals surface area contributed by atoms with Crippen molar-refractivity contribution in [1.82, 2.24) is 0 Å². The molecule has 59 heavy (non-hydrogen) atoms. The predicted molar refractivity (Wildman–Crippen MR) is 240 cm³/mol. The maximum Gasteiger partial charge on any atom is 0.119 e. The zero-order valence-corrected chi connectivity index (χ0v) is 37.9. The average Bonchev–Trinajstić information content (AvgIpc) is 4.20. The van der Waals surface area contributed by atoms with Crippen LogP contribution in [0.4, 0.5) is 0 Å². The molecule has 0 saturated carbocycles. The second-order valence-corrected chi connectivity index (χ2v) is 17.6. The van der Waals surface area contributed by atoms with E-state index < -0.39 is 0 Å². The van der Waals surface area contributed by atoms with E-state index in [-0.39, 0.29) is 29.8 Å². The summed E-state index contributed by atoms with van der Waals surface area (Å²) in [4.78, 5) is 0. The number of ether oxygens (including phenoxy) is 8. The van der Waals surface area contributed by atoms with E-state index >= 15 is 0 Å². The molecular weight excluding hydrogens is 741 g/mol. The lowest BCUT2D eigenvalue weighted by Gasteiger charge is -2.27. The fraction of sp³-hybridized carbons (Fsp3) is 0.765. The lowest BCUT2D eigenvalue weighted by Crippen LogP contribution is -2.29. The lowest BCUT2D eigenvalue weighted by atomic mass is 9.78. The fourth-order valence-corrected chi connectivity index (χ4v) is 7.40. The topological polar surface area (TPSA) is 80.4 Å². The summed E-state index contributed by atoms with van der Waals surface area (Å²) >= 11 is 0. The Morgan fingerprint density at radius 1 is 0.475 bits per heavy atom. The molecule has 4 atom stereocenters. The first-order valence-corrected chi connectivity index (χ1v) is 24.1. The number of hydrogen-bond acceptors (Lipinski definition) is 8. The molecule has 2 aliphatic rings. The van der Waals surface area contributed by atoms with Gasteiger partial charge in [0.05, 0.1) is 39.6 Å². The highest BCUT2D eigenvalue weighted by atomic mass is 16.6. The molecule has 2 saturated heterocycles. The van der Waals surface area contributed by atoms with Gasteiger partial charge < -0.3 is 37.9 Å². The van der Waals surface area contributed by atoms with E-state index in [0.29, 0.717) is 39.6 Å². The van der Waals surface area contributed by atoms with Crippen LogP contribution in [0.3, 0.4) is 0 Å². The fourth-order valence-electron chi connectivity index (χ4n) is 7.40. The van der Waals surface area contributed by atoms with E-state index in [1.165, 1.54) is 127 Å². The first-order valence-electron chi connectivity index (χ1n) is 24.1. The molecule has 4 rings (SSSR count). The Kier molecular flexibility index (Phi) is 25.8. The Bertz CT molecular complexity index is 1180. The van der Waals surface area contributed by atoms with Crippen molar-refractivity contribution in [3.63, 3.8) is 0 Å². The van der Waals surface area contributed by atoms with Crippen molar-refractivity contribution < 1.29 is 37.9 Å². The number of benzene rings is 2. The van der Waals surface area contributed by atoms with Gasteiger partial charge in [0.25, 0.3) is 0 Å². The molecule has 8 heteroatoms. The van der Waals surface area contributed by atoms with Gasteiger partial charge in [-0.1, -0.05) is 168 Å². The Hall–Kier alpha value is -2.20. The summed E-state index contributed by atoms with van der Waals surface area (Å²) in [6.45, 7) is 15.3. The summed E-state index contributed by atoms with van der Waals surface area (Å²) in [6.07, 6.45) is 26.6. The monoisotopic (exact) mass is 825 g/mol. The van der Waals surface area contributed by atoms with E-state index in [1.54, 1.807) is 0 Å². The van der Waals surface area contributed by atoms with E-state index in [2.05, 4.69) is 76.2 Å². The number of unbranched alkanes of at least 4 members (excludes halogenated alkanes) is 18. The van der Waals surface area contributed by atoms with Crippen LogP contribution in [0.25, 0.3) is 0 Å². The van der Waals surface area contributed by atoms with Gasteiger partial charge in [-0.3, -0.25) is 0 Å². The van der Waals surface area contributed by atoms with Crippen LogP contribution in [0.2, 0.25) is 0 Å². The van der Waals surface area contributed by atoms with Crippen LogP contribution >= 0.6 is 0 Å². The van der Waals surface area contributed by atoms with Crippen LogP contribution in [0.1, 0.15) is 167 Å². The van der Waals surface area contributed by atoms with Gasteiger partial charge in [-0.25, -0.2) is 0 Å². The molecule has 2 aromatic carbocycles. The summed E-state index contributed by atoms with van der Waals surface area (Å²) in [5.41, 5.74) is 2.23. The zero-order valence-electron chi connectivity index (χ0n) is 37.9. The van der Waals surface area contributed by atoms with Gasteiger partial charge in [-0.05, 0) is 48.2 Å². The normalized spacial score (nSPS) is 17.2. The standard InChI is InChI=1S/C51H84O8/c1-5-7-9-11-13-15-17-19-21-23-33-52-35-47(56-39-49-41-58-49)37-54-45-29-25-43(26-30-45)51(3,4)44-27-31-46(32-28-44)55-38-48(57-40-50-42-59-50)36-53-34-24-22-20-18-16-14-12-10-8-6-2/h25-32,47-50H,5-24,33-42H2,1-4H3. The van der Waals surface area contributed by atoms with Gasteiger partial charge >= 0.3 is 0 Å². The van der Waals surface area contributed by atoms with Crippen LogP contribution in [0, 0.1) is 0 Å². The van der Waals surface area contributed by atoms with Crippen molar-refractivity contribution in [2.45, 2.75) is 186 Å². The number of hydrogen-bond donors (Lipinski definition) is 0. The van der Waals surface area contributed by atoms with E-state index in [0.717, 1.165) is 50.8 Å². The smallest absolute Gasteiger partial charge is 0.119 e. The van der Waals surface area contributed by atoms with Gasteiger partial charge in [-0.2, -0.15) is 0 Å². The molecule has 336 valence electrons. The highest BCUT2D eigenvalue weighted by Gasteiger charge is 2.27. The van der Waals surface area contributed by atoms with Gasteiger partial charge in [-0.15, -0.1) is 0 Å². The Morgan fingerprint density at radius 2 is 0.797 bits per heavy atom. The third-order valence-corrected chi connectivity index (χ3v) is 11.8. The third kappa shape index (κ3) is 23.0. The van der Waals surface area contributed by atoms with Crippen LogP contribution in [-0.2, 0) is 33.8 Å². The van der Waals surface area contributed by atoms with Gasteiger partial charge in [0.15, 0.2) is 0 Å². The van der Waals surface area contributed by atoms with Gasteiger partial charge in [0.1, 0.15) is 49.1 Å². The second-order valence-electron chi connectivity index (χ2n) is 17.6. The van der Waals surface area contributed by atoms with Crippen LogP contribution in [0.5, 0.6) is 11.5 Å². The van der Waals surface area contributed by atoms with Gasteiger partial charge in [0.2, 0.25) is 0 Å². The largest absolute Gasteiger partial charge is 0.491 e. The van der Waals surface area contributed by atoms with Crippen molar-refractivity contribution in [3.05, 3.63) is 59.7 Å². The maximum absolute atomic E-state index is 6.23. The van der Waals surface area contributed by atoms with E-state index in [9.17, 15) is 0 Å². The minimum atomic E-state index is -0.201. The first kappa shape index (κ1) is 49.5. The Labute approximate surface area is 360 Å². The summed E-state index contributed by atoms with van der Waals surface area (Å²) in [7, 11) is 0. The highest BCUT2D eigenvalue weighted by Crippen LogP contribution is 2.33. The lowest BCUT2D eigenvalue weighted by molar-refractivity contribution is -0.0418. The summed E-state index contributed by atoms with van der Waals surface area (Å²) in [5, 5.41) is 0. The Balaban J connectivity index is 1.13. The number of rotatable bonds is 40. The summed E-state index contributed by atoms with van der Waals surface area (Å²) in [5.74, 6) is 1.66. The van der Waals surface area contributed by atoms with Crippen molar-refractivity contribution in [2.24, 2.45) is 0 Å². The van der Waals surface area contributed by atoms with Crippen LogP contribution < -0.4 is 9.47 Å². The molecule has 4 unspecified atom stereocenters. The van der Waals surface area contributed by atoms with Crippen molar-refractivity contribution >= 4 is 0 Å². The zero-order chi connectivity index (χ0) is 41.6. The molecule has 0 spiro atoms. The maximum atomic E-state index is 6.23. The molecule has 2 aliphatic heterocycles. The van der Waals surface area contributed by atoms with Gasteiger partial charge in [0, 0.05) is 18.6 Å². The molecule has 0 N–H and O–H groups in total. The minimum absolute atomic E-state index is 0.130. The van der Waals surface area contributed by atoms with Crippen molar-refractivity contribution in [2.75, 3.05) is 66.1 Å². The van der Waals surface area contributed by atoms with E-state index in [4.69, 9.17) is 37.9 Å². The van der Waals surface area contributed by atoms with Crippen molar-refractivity contribution in [3.8, 4) is 11.5 Å². The number of epoxide rings is 2. The average molecular weight is 825 g/mol. The predicted octanol–water partition coefficient (Wildman–Crippen LogP) is 12.2. The molecule has 0 bridgehead atoms. The SMILES string of the molecule is CCCCCCCCCCCCOCC(COc1ccc(C(C)(C)c2ccc(OCC(COCCCCCCCCCCCC)OCC3CO3)cc2)cc1)OCC1CO1. The highest BCUT2D eigenvalue weighted by molar-refractivity contribution is 5.41. The second kappa shape index (κ2) is 30.8. The molecule has 0 aromatic heterocycles. The van der Waals surface area contributed by atoms with Crippen LogP contribution in [-0.4, -0.2) is 90.5 Å². The molecule has 2 fully saturated rings. The quantitative estimate of drug-likeness (QED) is 0.0485. The Morgan fingerprint density at radius 3 is 1.12 bits per heavy atom. The molecule has 2 heterocycles. The molecule has 2 aromatic rings. The molecule has 8 nitrogen and oxygen atoms in total. The molecule has 0 amide bonds. The first-order chi connectivity index (χ1) is 29.0. The molecule has 0 radical (unpaired) electrons. The molecular formula is C51H84O8. The summed E-state index contributed by atoms with van der Waals surface area (Å²) in [6, 6.07) is 16.9. The van der Waals surface area contributed by atoms with Crippen LogP contribution in [0.15, 0.2) is 48.5 Å². The van der Waals surface area contributed by atoms with E-state index in [1.807, 2.05) is 0 Å². The van der Waals surface area contributed by atoms with Crippen molar-refractivity contribution in [1.29, 1.82) is 0 Å².